The maximum absolute atomic E-state index is 8.38. The van der Waals surface area contributed by atoms with Gasteiger partial charge in [0.25, 0.3) is 0 Å². The van der Waals surface area contributed by atoms with Gasteiger partial charge in [-0.05, 0) is 0 Å². The van der Waals surface area contributed by atoms with E-state index in [0.717, 1.165) is 0 Å². The van der Waals surface area contributed by atoms with Gasteiger partial charge in [0.1, 0.15) is 0 Å². The summed E-state index contributed by atoms with van der Waals surface area (Å²) in [5.74, 6) is 0. The van der Waals surface area contributed by atoms with E-state index >= 15 is 0 Å². The Bertz CT molecular complexity index is 6.85. The summed E-state index contributed by atoms with van der Waals surface area (Å²) >= 11 is 0. The van der Waals surface area contributed by atoms with Crippen molar-refractivity contribution in [3.05, 3.63) is 0 Å². The summed E-state index contributed by atoms with van der Waals surface area (Å²) in [5, 5.41) is 16.8. The minimum atomic E-state index is -1.25. The van der Waals surface area contributed by atoms with E-state index in [4.69, 9.17) is 10.0 Å². The second-order valence-corrected chi connectivity index (χ2v) is 0.118. The molecule has 0 heterocycles. The van der Waals surface area contributed by atoms with E-state index in [1.807, 2.05) is 0 Å². The molecule has 0 amide bonds. The van der Waals surface area contributed by atoms with E-state index in [2.05, 4.69) is 0 Å². The van der Waals surface area contributed by atoms with Gasteiger partial charge >= 0.3 is 51.4 Å². The molecule has 1 radical (unpaired) electrons. The van der Waals surface area contributed by atoms with Crippen molar-refractivity contribution in [1.29, 1.82) is 0 Å². The van der Waals surface area contributed by atoms with Crippen LogP contribution in [0.3, 0.4) is 0 Å². The monoisotopic (exact) mass is 101 g/mol. The first-order valence-corrected chi connectivity index (χ1v) is 0.577. The molecule has 0 aliphatic carbocycles. The molecule has 0 fully saturated rings. The first-order valence-electron chi connectivity index (χ1n) is 0.577. The van der Waals surface area contributed by atoms with Crippen LogP contribution in [-0.2, 0) is 5.02 Å². The Labute approximate surface area is 73.4 Å². The number of hydrogen-bond donors (Lipinski definition) is 0. The largest absolute Gasteiger partial charge is 1.00 e. The third kappa shape index (κ3) is 28.6. The quantitative estimate of drug-likeness (QED) is 0.280. The molecule has 0 saturated heterocycles. The fraction of sp³-hybridized carbons (Fsp3) is 0. The van der Waals surface area contributed by atoms with Crippen LogP contribution in [0, 0.1) is 0 Å². The Morgan fingerprint density at radius 1 is 1.60 bits per heavy atom. The van der Waals surface area contributed by atoms with Crippen molar-refractivity contribution in [2.75, 3.05) is 0 Å². The molecule has 0 unspecified atom stereocenters. The number of hydrogen-bond acceptors (Lipinski definition) is 1. The van der Waals surface area contributed by atoms with Crippen molar-refractivity contribution in [3.8, 4) is 0 Å². The van der Waals surface area contributed by atoms with Gasteiger partial charge in [-0.25, -0.2) is 0 Å². The first kappa shape index (κ1) is 16.0. The molecular formula is H3BKO3. The molecule has 5 heteroatoms. The zero-order valence-electron chi connectivity index (χ0n) is 3.02. The first-order chi connectivity index (χ1) is 1.41. The topological polar surface area (TPSA) is 74.5 Å². The van der Waals surface area contributed by atoms with E-state index in [0.29, 0.717) is 0 Å². The van der Waals surface area contributed by atoms with Crippen LogP contribution in [0.4, 0.5) is 0 Å². The molecule has 0 aliphatic rings. The summed E-state index contributed by atoms with van der Waals surface area (Å²) in [4.78, 5) is 0. The van der Waals surface area contributed by atoms with Gasteiger partial charge in [-0.2, -0.15) is 0 Å². The smallest absolute Gasteiger partial charge is 0.857 e. The van der Waals surface area contributed by atoms with Crippen LogP contribution in [0.2, 0.25) is 0 Å². The van der Waals surface area contributed by atoms with Gasteiger partial charge in [0.05, 0.1) is 0 Å². The van der Waals surface area contributed by atoms with Crippen LogP contribution >= 0.6 is 0 Å². The van der Waals surface area contributed by atoms with Gasteiger partial charge in [-0.3, -0.25) is 0 Å². The summed E-state index contributed by atoms with van der Waals surface area (Å²) in [7, 11) is -1.25. The SMILES string of the molecule is O.[K+].[O]B[O-]. The molecule has 0 aromatic rings. The van der Waals surface area contributed by atoms with E-state index in [1.165, 1.54) is 0 Å². The molecule has 3 nitrogen and oxygen atoms in total. The minimum Gasteiger partial charge on any atom is -0.857 e. The molecule has 0 spiro atoms. The molecule has 25 valence electrons. The molecule has 0 aromatic carbocycles. The minimum absolute atomic E-state index is 0. The zero-order chi connectivity index (χ0) is 2.71. The Morgan fingerprint density at radius 3 is 1.60 bits per heavy atom. The van der Waals surface area contributed by atoms with Crippen LogP contribution in [0.15, 0.2) is 0 Å². The Kier molecular flexibility index (Phi) is 56.2. The van der Waals surface area contributed by atoms with E-state index < -0.39 is 7.69 Å². The number of rotatable bonds is 0. The maximum Gasteiger partial charge on any atom is 1.00 e. The van der Waals surface area contributed by atoms with Crippen molar-refractivity contribution in [3.63, 3.8) is 0 Å². The molecule has 2 N–H and O–H groups in total. The molecule has 0 atom stereocenters. The van der Waals surface area contributed by atoms with Crippen molar-refractivity contribution in [2.45, 2.75) is 0 Å². The standard InChI is InChI=1S/BHO2.K.H2O/c2-1-3;;/h1H;;1H2/q-1;+1;. The van der Waals surface area contributed by atoms with Crippen molar-refractivity contribution >= 4 is 7.69 Å². The summed E-state index contributed by atoms with van der Waals surface area (Å²) in [5.41, 5.74) is 0. The van der Waals surface area contributed by atoms with Crippen LogP contribution in [0.5, 0.6) is 0 Å². The van der Waals surface area contributed by atoms with Gasteiger partial charge < -0.3 is 15.5 Å². The molecular weight excluding hydrogens is 97.9 g/mol. The maximum atomic E-state index is 8.38. The fourth-order valence-corrected chi connectivity index (χ4v) is 0. The molecule has 0 aromatic heterocycles. The van der Waals surface area contributed by atoms with Crippen molar-refractivity contribution in [2.24, 2.45) is 0 Å². The normalized spacial score (nSPS) is 2.80. The van der Waals surface area contributed by atoms with Gasteiger partial charge in [0.15, 0.2) is 0 Å². The Balaban J connectivity index is -0.0000000200. The molecule has 0 aliphatic heterocycles. The van der Waals surface area contributed by atoms with E-state index in [-0.39, 0.29) is 56.9 Å². The predicted octanol–water partition coefficient (Wildman–Crippen LogP) is -5.78. The average molecular weight is 101 g/mol. The molecule has 0 saturated carbocycles. The van der Waals surface area contributed by atoms with Crippen LogP contribution in [-0.4, -0.2) is 13.2 Å². The second kappa shape index (κ2) is 17.6. The summed E-state index contributed by atoms with van der Waals surface area (Å²) in [6.07, 6.45) is 0. The van der Waals surface area contributed by atoms with Gasteiger partial charge in [-0.15, -0.1) is 0 Å². The van der Waals surface area contributed by atoms with Crippen LogP contribution in [0.1, 0.15) is 0 Å². The molecule has 0 bridgehead atoms. The zero-order valence-corrected chi connectivity index (χ0v) is 6.15. The van der Waals surface area contributed by atoms with E-state index in [9.17, 15) is 0 Å². The fourth-order valence-electron chi connectivity index (χ4n) is 0. The molecule has 0 rings (SSSR count). The van der Waals surface area contributed by atoms with Crippen molar-refractivity contribution < 1.29 is 66.9 Å². The predicted molar refractivity (Wildman–Crippen MR) is 11.4 cm³/mol. The van der Waals surface area contributed by atoms with Crippen LogP contribution in [0.25, 0.3) is 0 Å². The average Bonchev–Trinajstić information content (AvgIpc) is 0.918. The third-order valence-electron chi connectivity index (χ3n) is 0. The van der Waals surface area contributed by atoms with Gasteiger partial charge in [-0.1, -0.05) is 0 Å². The van der Waals surface area contributed by atoms with Gasteiger partial charge in [0, 0.05) is 0 Å². The van der Waals surface area contributed by atoms with Gasteiger partial charge in [0.2, 0.25) is 7.69 Å². The second-order valence-electron chi connectivity index (χ2n) is 0.118. The summed E-state index contributed by atoms with van der Waals surface area (Å²) < 4.78 is 0. The van der Waals surface area contributed by atoms with E-state index in [1.54, 1.807) is 0 Å². The van der Waals surface area contributed by atoms with Crippen molar-refractivity contribution in [1.82, 2.24) is 0 Å². The van der Waals surface area contributed by atoms with Crippen LogP contribution < -0.4 is 56.4 Å². The summed E-state index contributed by atoms with van der Waals surface area (Å²) in [6, 6.07) is 0. The Hall–Kier alpha value is 1.58. The summed E-state index contributed by atoms with van der Waals surface area (Å²) in [6.45, 7) is 0. The third-order valence-corrected chi connectivity index (χ3v) is 0. The molecule has 5 heavy (non-hydrogen) atoms. The Morgan fingerprint density at radius 2 is 1.60 bits per heavy atom.